The Bertz CT molecular complexity index is 916. The van der Waals surface area contributed by atoms with Crippen molar-refractivity contribution < 1.29 is 13.5 Å². The molecule has 1 aliphatic heterocycles. The molecule has 3 aromatic rings. The number of ether oxygens (including phenoxy) is 1. The van der Waals surface area contributed by atoms with Gasteiger partial charge in [-0.05, 0) is 66.9 Å². The molecule has 2 unspecified atom stereocenters. The number of nitrogens with zero attached hydrogens (tertiary/aromatic N) is 1. The topological polar surface area (TPSA) is 24.5 Å². The first-order valence-corrected chi connectivity index (χ1v) is 10.4. The van der Waals surface area contributed by atoms with Gasteiger partial charge in [-0.3, -0.25) is 4.90 Å². The van der Waals surface area contributed by atoms with E-state index in [1.165, 1.54) is 24.3 Å². The lowest BCUT2D eigenvalue weighted by Crippen LogP contribution is -2.53. The average molecular weight is 408 g/mol. The molecule has 0 aromatic heterocycles. The summed E-state index contributed by atoms with van der Waals surface area (Å²) in [5, 5.41) is 3.53. The van der Waals surface area contributed by atoms with Crippen molar-refractivity contribution in [1.82, 2.24) is 4.90 Å². The van der Waals surface area contributed by atoms with Crippen molar-refractivity contribution in [2.75, 3.05) is 25.0 Å². The second-order valence-electron chi connectivity index (χ2n) is 7.59. The molecule has 0 saturated carbocycles. The SMILES string of the molecule is Fc1ccc(NC(c2ccc(F)cc2)C2CCN2CCCOc2ccccc2)cc1. The number of halogens is 2. The fourth-order valence-electron chi connectivity index (χ4n) is 3.89. The molecule has 0 bridgehead atoms. The summed E-state index contributed by atoms with van der Waals surface area (Å²) < 4.78 is 32.6. The molecule has 3 nitrogen and oxygen atoms in total. The Morgan fingerprint density at radius 1 is 0.900 bits per heavy atom. The predicted octanol–water partition coefficient (Wildman–Crippen LogP) is 5.66. The van der Waals surface area contributed by atoms with Crippen LogP contribution in [0.4, 0.5) is 14.5 Å². The van der Waals surface area contributed by atoms with E-state index in [9.17, 15) is 8.78 Å². The Kier molecular flexibility index (Phi) is 6.60. The molecule has 1 heterocycles. The summed E-state index contributed by atoms with van der Waals surface area (Å²) in [6.07, 6.45) is 1.98. The number of para-hydroxylation sites is 1. The van der Waals surface area contributed by atoms with Crippen molar-refractivity contribution in [1.29, 1.82) is 0 Å². The van der Waals surface area contributed by atoms with E-state index in [1.807, 2.05) is 42.5 Å². The van der Waals surface area contributed by atoms with Crippen LogP contribution in [0.3, 0.4) is 0 Å². The van der Waals surface area contributed by atoms with Crippen LogP contribution in [0.25, 0.3) is 0 Å². The van der Waals surface area contributed by atoms with E-state index in [2.05, 4.69) is 10.2 Å². The van der Waals surface area contributed by atoms with Crippen molar-refractivity contribution in [3.05, 3.63) is 96.1 Å². The van der Waals surface area contributed by atoms with Gasteiger partial charge in [0.05, 0.1) is 12.6 Å². The number of benzene rings is 3. The maximum Gasteiger partial charge on any atom is 0.123 e. The van der Waals surface area contributed by atoms with Gasteiger partial charge in [-0.2, -0.15) is 0 Å². The lowest BCUT2D eigenvalue weighted by molar-refractivity contribution is 0.0692. The van der Waals surface area contributed by atoms with Crippen molar-refractivity contribution >= 4 is 5.69 Å². The minimum absolute atomic E-state index is 0.000136. The summed E-state index contributed by atoms with van der Waals surface area (Å²) in [6.45, 7) is 2.62. The van der Waals surface area contributed by atoms with E-state index in [1.54, 1.807) is 12.1 Å². The van der Waals surface area contributed by atoms with E-state index in [0.717, 1.165) is 42.9 Å². The van der Waals surface area contributed by atoms with E-state index >= 15 is 0 Å². The Labute approximate surface area is 176 Å². The summed E-state index contributed by atoms with van der Waals surface area (Å²) in [5.41, 5.74) is 1.88. The Morgan fingerprint density at radius 3 is 2.20 bits per heavy atom. The number of nitrogens with one attached hydrogen (secondary N) is 1. The number of anilines is 1. The Morgan fingerprint density at radius 2 is 1.57 bits per heavy atom. The summed E-state index contributed by atoms with van der Waals surface area (Å²) in [4.78, 5) is 2.43. The number of hydrogen-bond donors (Lipinski definition) is 1. The largest absolute Gasteiger partial charge is 0.494 e. The van der Waals surface area contributed by atoms with Gasteiger partial charge in [0.25, 0.3) is 0 Å². The lowest BCUT2D eigenvalue weighted by atomic mass is 9.89. The van der Waals surface area contributed by atoms with Crippen LogP contribution in [0, 0.1) is 11.6 Å². The van der Waals surface area contributed by atoms with Gasteiger partial charge in [0, 0.05) is 24.8 Å². The van der Waals surface area contributed by atoms with Gasteiger partial charge in [-0.1, -0.05) is 30.3 Å². The molecule has 156 valence electrons. The van der Waals surface area contributed by atoms with E-state index in [-0.39, 0.29) is 23.7 Å². The van der Waals surface area contributed by atoms with Crippen molar-refractivity contribution in [2.24, 2.45) is 0 Å². The molecule has 1 N–H and O–H groups in total. The fraction of sp³-hybridized carbons (Fsp3) is 0.280. The zero-order chi connectivity index (χ0) is 20.8. The highest BCUT2D eigenvalue weighted by Gasteiger charge is 2.35. The predicted molar refractivity (Wildman–Crippen MR) is 116 cm³/mol. The summed E-state index contributed by atoms with van der Waals surface area (Å²) in [7, 11) is 0. The van der Waals surface area contributed by atoms with Crippen LogP contribution < -0.4 is 10.1 Å². The summed E-state index contributed by atoms with van der Waals surface area (Å²) in [6, 6.07) is 23.1. The molecular weight excluding hydrogens is 382 g/mol. The number of hydrogen-bond acceptors (Lipinski definition) is 3. The smallest absolute Gasteiger partial charge is 0.123 e. The molecule has 4 rings (SSSR count). The van der Waals surface area contributed by atoms with Crippen LogP contribution in [0.1, 0.15) is 24.4 Å². The monoisotopic (exact) mass is 408 g/mol. The third-order valence-electron chi connectivity index (χ3n) is 5.56. The van der Waals surface area contributed by atoms with Gasteiger partial charge < -0.3 is 10.1 Å². The molecule has 1 saturated heterocycles. The van der Waals surface area contributed by atoms with Crippen LogP contribution in [0.15, 0.2) is 78.9 Å². The van der Waals surface area contributed by atoms with Crippen LogP contribution in [-0.2, 0) is 0 Å². The molecule has 1 fully saturated rings. The first kappa shape index (κ1) is 20.4. The Hall–Kier alpha value is -2.92. The molecule has 5 heteroatoms. The third kappa shape index (κ3) is 5.16. The van der Waals surface area contributed by atoms with Gasteiger partial charge in [0.2, 0.25) is 0 Å². The lowest BCUT2D eigenvalue weighted by Gasteiger charge is -2.46. The quantitative estimate of drug-likeness (QED) is 0.462. The highest BCUT2D eigenvalue weighted by molar-refractivity contribution is 5.46. The van der Waals surface area contributed by atoms with Gasteiger partial charge >= 0.3 is 0 Å². The molecular formula is C25H26F2N2O. The van der Waals surface area contributed by atoms with Gasteiger partial charge in [-0.25, -0.2) is 8.78 Å². The minimum Gasteiger partial charge on any atom is -0.494 e. The maximum atomic E-state index is 13.5. The first-order valence-electron chi connectivity index (χ1n) is 10.4. The van der Waals surface area contributed by atoms with Crippen LogP contribution in [0.2, 0.25) is 0 Å². The van der Waals surface area contributed by atoms with E-state index in [4.69, 9.17) is 4.74 Å². The third-order valence-corrected chi connectivity index (χ3v) is 5.56. The summed E-state index contributed by atoms with van der Waals surface area (Å²) >= 11 is 0. The van der Waals surface area contributed by atoms with Crippen LogP contribution >= 0.6 is 0 Å². The second-order valence-corrected chi connectivity index (χ2v) is 7.59. The van der Waals surface area contributed by atoms with Crippen LogP contribution in [0.5, 0.6) is 5.75 Å². The van der Waals surface area contributed by atoms with Crippen molar-refractivity contribution in [3.63, 3.8) is 0 Å². The van der Waals surface area contributed by atoms with Crippen molar-refractivity contribution in [2.45, 2.75) is 24.9 Å². The molecule has 0 amide bonds. The maximum absolute atomic E-state index is 13.5. The molecule has 0 aliphatic carbocycles. The minimum atomic E-state index is -0.262. The highest BCUT2D eigenvalue weighted by Crippen LogP contribution is 2.33. The molecule has 30 heavy (non-hydrogen) atoms. The molecule has 3 aromatic carbocycles. The second kappa shape index (κ2) is 9.72. The van der Waals surface area contributed by atoms with Gasteiger partial charge in [0.1, 0.15) is 17.4 Å². The molecule has 0 spiro atoms. The fourth-order valence-corrected chi connectivity index (χ4v) is 3.89. The van der Waals surface area contributed by atoms with Gasteiger partial charge in [0.15, 0.2) is 0 Å². The Balaban J connectivity index is 1.39. The normalized spacial score (nSPS) is 17.2. The standard InChI is InChI=1S/C25H26F2N2O/c26-20-9-7-19(8-10-20)25(28-22-13-11-21(27)12-14-22)24-15-17-29(24)16-4-18-30-23-5-2-1-3-6-23/h1-3,5-14,24-25,28H,4,15-18H2. The molecule has 0 radical (unpaired) electrons. The average Bonchev–Trinajstić information content (AvgIpc) is 2.75. The molecule has 2 atom stereocenters. The summed E-state index contributed by atoms with van der Waals surface area (Å²) in [5.74, 6) is 0.380. The number of likely N-dealkylation sites (tertiary alicyclic amines) is 1. The van der Waals surface area contributed by atoms with Crippen molar-refractivity contribution in [3.8, 4) is 5.75 Å². The highest BCUT2D eigenvalue weighted by atomic mass is 19.1. The molecule has 1 aliphatic rings. The van der Waals surface area contributed by atoms with Gasteiger partial charge in [-0.15, -0.1) is 0 Å². The zero-order valence-corrected chi connectivity index (χ0v) is 16.8. The number of rotatable bonds is 9. The van der Waals surface area contributed by atoms with E-state index < -0.39 is 0 Å². The zero-order valence-electron chi connectivity index (χ0n) is 16.8. The van der Waals surface area contributed by atoms with E-state index in [0.29, 0.717) is 6.61 Å². The van der Waals surface area contributed by atoms with Crippen LogP contribution in [-0.4, -0.2) is 30.6 Å². The first-order chi connectivity index (χ1) is 14.7.